The summed E-state index contributed by atoms with van der Waals surface area (Å²) in [6.45, 7) is 4.50. The van der Waals surface area contributed by atoms with Crippen molar-refractivity contribution in [3.63, 3.8) is 0 Å². The van der Waals surface area contributed by atoms with E-state index in [1.165, 1.54) is 9.78 Å². The number of carboxylic acid groups (broad SMARTS) is 1. The van der Waals surface area contributed by atoms with E-state index in [-0.39, 0.29) is 6.03 Å². The summed E-state index contributed by atoms with van der Waals surface area (Å²) in [6, 6.07) is -0.326. The van der Waals surface area contributed by atoms with Crippen molar-refractivity contribution in [2.75, 3.05) is 6.54 Å². The Morgan fingerprint density at radius 1 is 1.52 bits per heavy atom. The second kappa shape index (κ2) is 6.43. The number of aliphatic carboxylic acids is 1. The van der Waals surface area contributed by atoms with Crippen LogP contribution < -0.4 is 5.32 Å². The Bertz CT molecular complexity index is 531. The van der Waals surface area contributed by atoms with Gasteiger partial charge in [0.2, 0.25) is 0 Å². The lowest BCUT2D eigenvalue weighted by molar-refractivity contribution is -0.150. The lowest BCUT2D eigenvalue weighted by Gasteiger charge is -2.41. The Hall–Kier alpha value is -1.63. The number of nitrogens with one attached hydrogen (secondary N) is 1. The normalized spacial score (nSPS) is 22.1. The van der Waals surface area contributed by atoms with Crippen LogP contribution in [0.1, 0.15) is 43.0 Å². The summed E-state index contributed by atoms with van der Waals surface area (Å²) in [6.07, 6.45) is 4.91. The lowest BCUT2D eigenvalue weighted by atomic mass is 9.89. The third kappa shape index (κ3) is 3.34. The fourth-order valence-corrected chi connectivity index (χ4v) is 3.31. The molecule has 21 heavy (non-hydrogen) atoms. The molecule has 1 aliphatic rings. The van der Waals surface area contributed by atoms with Crippen molar-refractivity contribution < 1.29 is 14.7 Å². The number of amides is 2. The summed E-state index contributed by atoms with van der Waals surface area (Å²) in [5, 5.41) is 13.0. The molecule has 2 heterocycles. The van der Waals surface area contributed by atoms with Crippen LogP contribution in [-0.2, 0) is 17.8 Å². The van der Waals surface area contributed by atoms with E-state index in [9.17, 15) is 14.7 Å². The highest BCUT2D eigenvalue weighted by atomic mass is 32.1. The maximum Gasteiger partial charge on any atom is 0.329 e. The molecule has 0 aromatic carbocycles. The second-order valence-electron chi connectivity index (χ2n) is 5.42. The highest BCUT2D eigenvalue weighted by Crippen LogP contribution is 2.28. The third-order valence-corrected chi connectivity index (χ3v) is 5.08. The van der Waals surface area contributed by atoms with Crippen molar-refractivity contribution in [2.45, 2.75) is 51.6 Å². The number of urea groups is 1. The highest BCUT2D eigenvalue weighted by molar-refractivity contribution is 7.11. The van der Waals surface area contributed by atoms with Crippen LogP contribution >= 0.6 is 11.3 Å². The van der Waals surface area contributed by atoms with E-state index in [1.54, 1.807) is 18.3 Å². The van der Waals surface area contributed by atoms with Crippen LogP contribution in [0.25, 0.3) is 0 Å². The first-order chi connectivity index (χ1) is 9.97. The Kier molecular flexibility index (Phi) is 4.82. The maximum atomic E-state index is 12.3. The fourth-order valence-electron chi connectivity index (χ4n) is 2.51. The standard InChI is InChI=1S/C14H21N3O3S/c1-3-10-8-15-11(21-10)9-16-13(20)17-7-5-4-6-14(17,2)12(18)19/h8H,3-7,9H2,1-2H3,(H,16,20)(H,18,19). The Morgan fingerprint density at radius 2 is 2.29 bits per heavy atom. The number of aromatic nitrogens is 1. The Morgan fingerprint density at radius 3 is 2.90 bits per heavy atom. The van der Waals surface area contributed by atoms with Gasteiger partial charge in [0.15, 0.2) is 0 Å². The van der Waals surface area contributed by atoms with Gasteiger partial charge in [-0.15, -0.1) is 11.3 Å². The number of carbonyl (C=O) groups excluding carboxylic acids is 1. The van der Waals surface area contributed by atoms with Crippen molar-refractivity contribution in [1.82, 2.24) is 15.2 Å². The number of carboxylic acids is 1. The largest absolute Gasteiger partial charge is 0.480 e. The summed E-state index contributed by atoms with van der Waals surface area (Å²) in [5.41, 5.74) is -1.11. The minimum atomic E-state index is -1.11. The maximum absolute atomic E-state index is 12.3. The van der Waals surface area contributed by atoms with Crippen LogP contribution in [0.5, 0.6) is 0 Å². The van der Waals surface area contributed by atoms with Crippen molar-refractivity contribution in [1.29, 1.82) is 0 Å². The molecule has 2 N–H and O–H groups in total. The van der Waals surface area contributed by atoms with E-state index < -0.39 is 11.5 Å². The molecular weight excluding hydrogens is 290 g/mol. The van der Waals surface area contributed by atoms with Crippen LogP contribution in [0.15, 0.2) is 6.20 Å². The topological polar surface area (TPSA) is 82.5 Å². The molecule has 0 radical (unpaired) electrons. The van der Waals surface area contributed by atoms with Gasteiger partial charge >= 0.3 is 12.0 Å². The Balaban J connectivity index is 1.99. The molecule has 2 rings (SSSR count). The molecule has 0 bridgehead atoms. The predicted octanol–water partition coefficient (Wildman–Crippen LogP) is 2.24. The van der Waals surface area contributed by atoms with Crippen LogP contribution in [0.2, 0.25) is 0 Å². The van der Waals surface area contributed by atoms with E-state index >= 15 is 0 Å². The molecule has 1 aromatic rings. The van der Waals surface area contributed by atoms with Gasteiger partial charge in [0.1, 0.15) is 10.5 Å². The number of piperidine rings is 1. The molecule has 0 saturated carbocycles. The van der Waals surface area contributed by atoms with Gasteiger partial charge < -0.3 is 15.3 Å². The van der Waals surface area contributed by atoms with Gasteiger partial charge in [0, 0.05) is 17.6 Å². The van der Waals surface area contributed by atoms with Gasteiger partial charge in [-0.25, -0.2) is 14.6 Å². The summed E-state index contributed by atoms with van der Waals surface area (Å²) in [7, 11) is 0. The van der Waals surface area contributed by atoms with Crippen molar-refractivity contribution in [3.05, 3.63) is 16.1 Å². The first kappa shape index (κ1) is 15.8. The summed E-state index contributed by atoms with van der Waals surface area (Å²) in [4.78, 5) is 30.6. The molecule has 0 spiro atoms. The first-order valence-electron chi connectivity index (χ1n) is 7.20. The van der Waals surface area contributed by atoms with Crippen LogP contribution in [-0.4, -0.2) is 39.1 Å². The smallest absolute Gasteiger partial charge is 0.329 e. The third-order valence-electron chi connectivity index (χ3n) is 3.94. The van der Waals surface area contributed by atoms with Crippen LogP contribution in [0.4, 0.5) is 4.79 Å². The van der Waals surface area contributed by atoms with E-state index in [4.69, 9.17) is 0 Å². The van der Waals surface area contributed by atoms with Crippen LogP contribution in [0, 0.1) is 0 Å². The monoisotopic (exact) mass is 311 g/mol. The molecule has 7 heteroatoms. The van der Waals surface area contributed by atoms with E-state index in [2.05, 4.69) is 17.2 Å². The molecule has 1 atom stereocenters. The minimum Gasteiger partial charge on any atom is -0.480 e. The predicted molar refractivity (Wildman–Crippen MR) is 80.3 cm³/mol. The number of hydrogen-bond acceptors (Lipinski definition) is 4. The van der Waals surface area contributed by atoms with Gasteiger partial charge in [-0.05, 0) is 32.6 Å². The van der Waals surface area contributed by atoms with Crippen molar-refractivity contribution >= 4 is 23.3 Å². The summed E-state index contributed by atoms with van der Waals surface area (Å²) >= 11 is 1.57. The van der Waals surface area contributed by atoms with E-state index in [0.717, 1.165) is 24.3 Å². The molecule has 1 unspecified atom stereocenters. The molecule has 2 amide bonds. The number of carbonyl (C=O) groups is 2. The zero-order chi connectivity index (χ0) is 15.5. The van der Waals surface area contributed by atoms with E-state index in [0.29, 0.717) is 19.5 Å². The number of aryl methyl sites for hydroxylation is 1. The van der Waals surface area contributed by atoms with Crippen molar-refractivity contribution in [3.8, 4) is 0 Å². The van der Waals surface area contributed by atoms with Crippen LogP contribution in [0.3, 0.4) is 0 Å². The SMILES string of the molecule is CCc1cnc(CNC(=O)N2CCCCC2(C)C(=O)O)s1. The number of hydrogen-bond donors (Lipinski definition) is 2. The zero-order valence-electron chi connectivity index (χ0n) is 12.4. The Labute approximate surface area is 128 Å². The minimum absolute atomic E-state index is 0.326. The van der Waals surface area contributed by atoms with Gasteiger partial charge in [-0.1, -0.05) is 6.92 Å². The number of nitrogens with zero attached hydrogens (tertiary/aromatic N) is 2. The number of thiazole rings is 1. The molecule has 116 valence electrons. The fraction of sp³-hybridized carbons (Fsp3) is 0.643. The van der Waals surface area contributed by atoms with Gasteiger partial charge in [0.05, 0.1) is 6.54 Å². The van der Waals surface area contributed by atoms with Gasteiger partial charge in [-0.3, -0.25) is 0 Å². The average molecular weight is 311 g/mol. The van der Waals surface area contributed by atoms with E-state index in [1.807, 2.05) is 6.20 Å². The molecule has 1 fully saturated rings. The number of rotatable bonds is 4. The average Bonchev–Trinajstić information content (AvgIpc) is 2.93. The summed E-state index contributed by atoms with van der Waals surface area (Å²) in [5.74, 6) is -0.945. The van der Waals surface area contributed by atoms with Crippen molar-refractivity contribution in [2.24, 2.45) is 0 Å². The van der Waals surface area contributed by atoms with Gasteiger partial charge in [0.25, 0.3) is 0 Å². The lowest BCUT2D eigenvalue weighted by Crippen LogP contribution is -2.59. The molecule has 6 nitrogen and oxygen atoms in total. The zero-order valence-corrected chi connectivity index (χ0v) is 13.2. The highest BCUT2D eigenvalue weighted by Gasteiger charge is 2.43. The molecule has 1 aliphatic heterocycles. The quantitative estimate of drug-likeness (QED) is 0.893. The molecular formula is C14H21N3O3S. The van der Waals surface area contributed by atoms with Gasteiger partial charge in [-0.2, -0.15) is 0 Å². The number of likely N-dealkylation sites (tertiary alicyclic amines) is 1. The first-order valence-corrected chi connectivity index (χ1v) is 8.01. The second-order valence-corrected chi connectivity index (χ2v) is 6.62. The molecule has 0 aliphatic carbocycles. The summed E-state index contributed by atoms with van der Waals surface area (Å²) < 4.78 is 0. The molecule has 1 aromatic heterocycles. The molecule has 1 saturated heterocycles.